The Balaban J connectivity index is 2.10. The zero-order valence-electron chi connectivity index (χ0n) is 12.2. The molecule has 0 saturated heterocycles. The van der Waals surface area contributed by atoms with Crippen molar-refractivity contribution in [2.24, 2.45) is 0 Å². The van der Waals surface area contributed by atoms with E-state index >= 15 is 0 Å². The van der Waals surface area contributed by atoms with Crippen LogP contribution in [0.2, 0.25) is 0 Å². The maximum Gasteiger partial charge on any atom is 0.123 e. The molecular weight excluding hydrogens is 331 g/mol. The zero-order chi connectivity index (χ0) is 15.1. The lowest BCUT2D eigenvalue weighted by atomic mass is 9.99. The number of rotatable bonds is 7. The summed E-state index contributed by atoms with van der Waals surface area (Å²) in [5.74, 6) is -0.189. The van der Waals surface area contributed by atoms with Gasteiger partial charge in [0.05, 0.1) is 0 Å². The van der Waals surface area contributed by atoms with Gasteiger partial charge in [0.15, 0.2) is 0 Å². The average molecular weight is 351 g/mol. The number of halogens is 2. The summed E-state index contributed by atoms with van der Waals surface area (Å²) in [5.41, 5.74) is 2.24. The summed E-state index contributed by atoms with van der Waals surface area (Å²) < 4.78 is 14.4. The molecule has 0 aliphatic heterocycles. The van der Waals surface area contributed by atoms with Crippen LogP contribution >= 0.6 is 15.9 Å². The topological polar surface area (TPSA) is 24.9 Å². The number of hydrogen-bond acceptors (Lipinski definition) is 2. The zero-order valence-corrected chi connectivity index (χ0v) is 13.7. The third-order valence-electron chi connectivity index (χ3n) is 3.39. The monoisotopic (exact) mass is 350 g/mol. The van der Waals surface area contributed by atoms with Crippen LogP contribution in [0.25, 0.3) is 0 Å². The van der Waals surface area contributed by atoms with Crippen LogP contribution in [0.3, 0.4) is 0 Å². The van der Waals surface area contributed by atoms with Gasteiger partial charge in [-0.2, -0.15) is 0 Å². The van der Waals surface area contributed by atoms with Crippen molar-refractivity contribution in [3.05, 3.63) is 64.1 Å². The molecule has 2 aromatic rings. The number of hydrogen-bond donors (Lipinski definition) is 1. The van der Waals surface area contributed by atoms with Crippen LogP contribution in [-0.2, 0) is 12.8 Å². The van der Waals surface area contributed by atoms with Crippen LogP contribution in [-0.4, -0.2) is 17.6 Å². The van der Waals surface area contributed by atoms with Crippen LogP contribution in [0.15, 0.2) is 47.2 Å². The SMILES string of the molecule is CCCNC(Cc1ccncc1)Cc1cc(F)ccc1Br. The molecule has 0 radical (unpaired) electrons. The highest BCUT2D eigenvalue weighted by molar-refractivity contribution is 9.10. The molecule has 1 atom stereocenters. The van der Waals surface area contributed by atoms with Crippen molar-refractivity contribution in [3.8, 4) is 0 Å². The minimum Gasteiger partial charge on any atom is -0.313 e. The van der Waals surface area contributed by atoms with Crippen molar-refractivity contribution in [1.29, 1.82) is 0 Å². The highest BCUT2D eigenvalue weighted by Gasteiger charge is 2.12. The van der Waals surface area contributed by atoms with Gasteiger partial charge < -0.3 is 5.32 Å². The molecule has 1 heterocycles. The molecule has 0 aliphatic carbocycles. The lowest BCUT2D eigenvalue weighted by Crippen LogP contribution is -2.34. The molecule has 0 fully saturated rings. The lowest BCUT2D eigenvalue weighted by Gasteiger charge is -2.19. The summed E-state index contributed by atoms with van der Waals surface area (Å²) in [7, 11) is 0. The second kappa shape index (κ2) is 8.25. The Morgan fingerprint density at radius 2 is 1.95 bits per heavy atom. The van der Waals surface area contributed by atoms with E-state index in [1.807, 2.05) is 24.5 Å². The number of aromatic nitrogens is 1. The molecule has 0 aliphatic rings. The molecule has 1 aromatic heterocycles. The number of benzene rings is 1. The van der Waals surface area contributed by atoms with Crippen LogP contribution in [0.4, 0.5) is 4.39 Å². The average Bonchev–Trinajstić information content (AvgIpc) is 2.49. The van der Waals surface area contributed by atoms with Gasteiger partial charge in [-0.1, -0.05) is 22.9 Å². The molecule has 0 saturated carbocycles. The summed E-state index contributed by atoms with van der Waals surface area (Å²) in [4.78, 5) is 4.05. The van der Waals surface area contributed by atoms with Crippen molar-refractivity contribution in [3.63, 3.8) is 0 Å². The van der Waals surface area contributed by atoms with E-state index in [0.29, 0.717) is 0 Å². The standard InChI is InChI=1S/C17H20BrFN2/c1-2-7-21-16(10-13-5-8-20-9-6-13)12-14-11-15(19)3-4-17(14)18/h3-6,8-9,11,16,21H,2,7,10,12H2,1H3. The van der Waals surface area contributed by atoms with Crippen LogP contribution in [0, 0.1) is 5.82 Å². The van der Waals surface area contributed by atoms with Gasteiger partial charge >= 0.3 is 0 Å². The van der Waals surface area contributed by atoms with Gasteiger partial charge in [-0.25, -0.2) is 4.39 Å². The summed E-state index contributed by atoms with van der Waals surface area (Å²) in [6.07, 6.45) is 6.40. The highest BCUT2D eigenvalue weighted by Crippen LogP contribution is 2.20. The first kappa shape index (κ1) is 16.1. The Morgan fingerprint density at radius 1 is 1.19 bits per heavy atom. The number of nitrogens with one attached hydrogen (secondary N) is 1. The Bertz CT molecular complexity index is 560. The molecular formula is C17H20BrFN2. The largest absolute Gasteiger partial charge is 0.313 e. The van der Waals surface area contributed by atoms with Gasteiger partial charge in [-0.15, -0.1) is 0 Å². The van der Waals surface area contributed by atoms with E-state index in [0.717, 1.165) is 35.8 Å². The van der Waals surface area contributed by atoms with Gasteiger partial charge in [0.2, 0.25) is 0 Å². The quantitative estimate of drug-likeness (QED) is 0.811. The maximum absolute atomic E-state index is 13.4. The van der Waals surface area contributed by atoms with Gasteiger partial charge in [0.1, 0.15) is 5.82 Å². The van der Waals surface area contributed by atoms with E-state index < -0.39 is 0 Å². The Kier molecular flexibility index (Phi) is 6.33. The molecule has 21 heavy (non-hydrogen) atoms. The third-order valence-corrected chi connectivity index (χ3v) is 4.16. The van der Waals surface area contributed by atoms with E-state index in [1.54, 1.807) is 12.1 Å². The second-order valence-electron chi connectivity index (χ2n) is 5.15. The Hall–Kier alpha value is -1.26. The summed E-state index contributed by atoms with van der Waals surface area (Å²) in [6.45, 7) is 3.11. The van der Waals surface area contributed by atoms with Crippen molar-refractivity contribution in [2.75, 3.05) is 6.54 Å². The molecule has 4 heteroatoms. The Morgan fingerprint density at radius 3 is 2.67 bits per heavy atom. The van der Waals surface area contributed by atoms with Crippen molar-refractivity contribution < 1.29 is 4.39 Å². The van der Waals surface area contributed by atoms with E-state index in [2.05, 4.69) is 33.2 Å². The molecule has 2 nitrogen and oxygen atoms in total. The van der Waals surface area contributed by atoms with Crippen molar-refractivity contribution in [1.82, 2.24) is 10.3 Å². The molecule has 112 valence electrons. The van der Waals surface area contributed by atoms with E-state index in [9.17, 15) is 4.39 Å². The molecule has 0 spiro atoms. The summed E-state index contributed by atoms with van der Waals surface area (Å²) in [5, 5.41) is 3.55. The first-order valence-corrected chi connectivity index (χ1v) is 8.04. The van der Waals surface area contributed by atoms with Gasteiger partial charge in [0.25, 0.3) is 0 Å². The molecule has 1 aromatic carbocycles. The Labute approximate surface area is 133 Å². The first-order valence-electron chi connectivity index (χ1n) is 7.25. The number of nitrogens with zero attached hydrogens (tertiary/aromatic N) is 1. The normalized spacial score (nSPS) is 12.3. The third kappa shape index (κ3) is 5.21. The lowest BCUT2D eigenvalue weighted by molar-refractivity contribution is 0.502. The predicted octanol–water partition coefficient (Wildman–Crippen LogP) is 4.14. The van der Waals surface area contributed by atoms with Gasteiger partial charge in [-0.3, -0.25) is 4.98 Å². The summed E-state index contributed by atoms with van der Waals surface area (Å²) in [6, 6.07) is 9.20. The van der Waals surface area contributed by atoms with Crippen LogP contribution in [0.1, 0.15) is 24.5 Å². The first-order chi connectivity index (χ1) is 10.2. The van der Waals surface area contributed by atoms with Crippen LogP contribution < -0.4 is 5.32 Å². The fourth-order valence-corrected chi connectivity index (χ4v) is 2.74. The molecule has 1 N–H and O–H groups in total. The minimum absolute atomic E-state index is 0.189. The highest BCUT2D eigenvalue weighted by atomic mass is 79.9. The minimum atomic E-state index is -0.189. The van der Waals surface area contributed by atoms with Crippen LogP contribution in [0.5, 0.6) is 0 Å². The second-order valence-corrected chi connectivity index (χ2v) is 6.00. The van der Waals surface area contributed by atoms with E-state index in [4.69, 9.17) is 0 Å². The maximum atomic E-state index is 13.4. The molecule has 1 unspecified atom stereocenters. The fourth-order valence-electron chi connectivity index (χ4n) is 2.33. The fraction of sp³-hybridized carbons (Fsp3) is 0.353. The molecule has 2 rings (SSSR count). The molecule has 0 bridgehead atoms. The van der Waals surface area contributed by atoms with Crippen molar-refractivity contribution in [2.45, 2.75) is 32.2 Å². The van der Waals surface area contributed by atoms with Crippen molar-refractivity contribution >= 4 is 15.9 Å². The number of pyridine rings is 1. The smallest absolute Gasteiger partial charge is 0.123 e. The van der Waals surface area contributed by atoms with E-state index in [1.165, 1.54) is 11.6 Å². The van der Waals surface area contributed by atoms with Gasteiger partial charge in [-0.05, 0) is 67.3 Å². The summed E-state index contributed by atoms with van der Waals surface area (Å²) >= 11 is 3.51. The molecule has 0 amide bonds. The van der Waals surface area contributed by atoms with Gasteiger partial charge in [0, 0.05) is 22.9 Å². The van der Waals surface area contributed by atoms with E-state index in [-0.39, 0.29) is 11.9 Å². The predicted molar refractivity (Wildman–Crippen MR) is 87.8 cm³/mol.